The number of nitrogens with zero attached hydrogens (tertiary/aromatic N) is 2. The van der Waals surface area contributed by atoms with E-state index in [0.29, 0.717) is 25.4 Å². The Balaban J connectivity index is 1.36. The number of rotatable bonds is 7. The molecular formula is C25H27N3O4S. The molecule has 2 heterocycles. The van der Waals surface area contributed by atoms with E-state index in [-0.39, 0.29) is 24.5 Å². The van der Waals surface area contributed by atoms with Gasteiger partial charge in [0.2, 0.25) is 0 Å². The molecule has 0 aliphatic carbocycles. The van der Waals surface area contributed by atoms with Gasteiger partial charge in [-0.25, -0.2) is 9.78 Å². The minimum atomic E-state index is -0.304. The number of piperidine rings is 1. The van der Waals surface area contributed by atoms with Crippen molar-refractivity contribution in [1.29, 1.82) is 0 Å². The molecule has 1 saturated heterocycles. The van der Waals surface area contributed by atoms with Crippen LogP contribution in [0.3, 0.4) is 0 Å². The molecule has 0 radical (unpaired) electrons. The van der Waals surface area contributed by atoms with E-state index < -0.39 is 0 Å². The lowest BCUT2D eigenvalue weighted by atomic mass is 9.98. The number of thiazole rings is 1. The number of nitrogens with one attached hydrogen (secondary N) is 1. The number of anilines is 1. The van der Waals surface area contributed by atoms with Gasteiger partial charge < -0.3 is 19.7 Å². The zero-order valence-electron chi connectivity index (χ0n) is 18.5. The van der Waals surface area contributed by atoms with Crippen molar-refractivity contribution >= 4 is 29.0 Å². The van der Waals surface area contributed by atoms with E-state index in [1.165, 1.54) is 11.3 Å². The number of carbonyl (C=O) groups excluding carboxylic acids is 2. The smallest absolute Gasteiger partial charge is 0.409 e. The first-order valence-electron chi connectivity index (χ1n) is 11.0. The van der Waals surface area contributed by atoms with E-state index in [4.69, 9.17) is 9.47 Å². The molecule has 0 saturated carbocycles. The summed E-state index contributed by atoms with van der Waals surface area (Å²) in [6, 6.07) is 17.7. The molecule has 1 fully saturated rings. The van der Waals surface area contributed by atoms with E-state index in [1.54, 1.807) is 17.4 Å². The number of hydrogen-bond acceptors (Lipinski definition) is 6. The highest BCUT2D eigenvalue weighted by atomic mass is 32.1. The monoisotopic (exact) mass is 465 g/mol. The lowest BCUT2D eigenvalue weighted by Gasteiger charge is -2.30. The molecule has 1 aliphatic rings. The van der Waals surface area contributed by atoms with Crippen LogP contribution >= 0.6 is 11.3 Å². The van der Waals surface area contributed by atoms with E-state index in [9.17, 15) is 9.59 Å². The molecule has 0 spiro atoms. The second-order valence-electron chi connectivity index (χ2n) is 7.81. The lowest BCUT2D eigenvalue weighted by Crippen LogP contribution is -2.38. The molecule has 8 heteroatoms. The predicted molar refractivity (Wildman–Crippen MR) is 129 cm³/mol. The first-order valence-corrected chi connectivity index (χ1v) is 11.9. The van der Waals surface area contributed by atoms with Gasteiger partial charge in [0.25, 0.3) is 5.91 Å². The van der Waals surface area contributed by atoms with Crippen LogP contribution in [0.15, 0.2) is 60.0 Å². The van der Waals surface area contributed by atoms with Gasteiger partial charge in [-0.2, -0.15) is 0 Å². The van der Waals surface area contributed by atoms with Gasteiger partial charge >= 0.3 is 6.09 Å². The second kappa shape index (κ2) is 11.1. The standard InChI is InChI=1S/C25H27N3O4S/c1-31-15-16-32-25(30)28-13-11-19(12-14-28)24-27-22(17-33-24)23(29)26-21-10-6-5-9-20(21)18-7-3-2-4-8-18/h2-10,17,19H,11-16H2,1H3,(H,26,29). The maximum absolute atomic E-state index is 12.9. The number of methoxy groups -OCH3 is 1. The highest BCUT2D eigenvalue weighted by Crippen LogP contribution is 2.31. The van der Waals surface area contributed by atoms with Gasteiger partial charge in [-0.05, 0) is 24.5 Å². The largest absolute Gasteiger partial charge is 0.447 e. The van der Waals surface area contributed by atoms with Crippen LogP contribution in [0, 0.1) is 0 Å². The Kier molecular flexibility index (Phi) is 7.70. The van der Waals surface area contributed by atoms with Crippen molar-refractivity contribution in [2.24, 2.45) is 0 Å². The van der Waals surface area contributed by atoms with E-state index >= 15 is 0 Å². The molecule has 4 rings (SSSR count). The Hall–Kier alpha value is -3.23. The molecule has 0 bridgehead atoms. The van der Waals surface area contributed by atoms with Gasteiger partial charge in [0.15, 0.2) is 0 Å². The van der Waals surface area contributed by atoms with Crippen LogP contribution in [0.25, 0.3) is 11.1 Å². The molecule has 3 aromatic rings. The first kappa shape index (κ1) is 22.9. The Labute approximate surface area is 197 Å². The molecular weight excluding hydrogens is 438 g/mol. The summed E-state index contributed by atoms with van der Waals surface area (Å²) in [5.41, 5.74) is 3.18. The van der Waals surface area contributed by atoms with Crippen LogP contribution in [-0.2, 0) is 9.47 Å². The third-order valence-corrected chi connectivity index (χ3v) is 6.64. The average Bonchev–Trinajstić information content (AvgIpc) is 3.36. The van der Waals surface area contributed by atoms with Gasteiger partial charge in [0.1, 0.15) is 12.3 Å². The summed E-state index contributed by atoms with van der Waals surface area (Å²) in [4.78, 5) is 31.3. The number of carbonyl (C=O) groups is 2. The zero-order chi connectivity index (χ0) is 23.0. The number of aromatic nitrogens is 1. The molecule has 172 valence electrons. The summed E-state index contributed by atoms with van der Waals surface area (Å²) in [7, 11) is 1.57. The highest BCUT2D eigenvalue weighted by molar-refractivity contribution is 7.10. The molecule has 7 nitrogen and oxygen atoms in total. The lowest BCUT2D eigenvalue weighted by molar-refractivity contribution is 0.0659. The van der Waals surface area contributed by atoms with Gasteiger partial charge in [0.05, 0.1) is 11.6 Å². The molecule has 1 aromatic heterocycles. The molecule has 0 unspecified atom stereocenters. The molecule has 0 atom stereocenters. The number of para-hydroxylation sites is 1. The molecule has 2 amide bonds. The summed E-state index contributed by atoms with van der Waals surface area (Å²) in [5.74, 6) is 0.0104. The van der Waals surface area contributed by atoms with E-state index in [0.717, 1.165) is 34.7 Å². The number of likely N-dealkylation sites (tertiary alicyclic amines) is 1. The highest BCUT2D eigenvalue weighted by Gasteiger charge is 2.27. The van der Waals surface area contributed by atoms with Crippen molar-refractivity contribution in [1.82, 2.24) is 9.88 Å². The molecule has 33 heavy (non-hydrogen) atoms. The SMILES string of the molecule is COCCOC(=O)N1CCC(c2nc(C(=O)Nc3ccccc3-c3ccccc3)cs2)CC1. The van der Waals surface area contributed by atoms with Crippen LogP contribution in [0.2, 0.25) is 0 Å². The fourth-order valence-electron chi connectivity index (χ4n) is 3.84. The summed E-state index contributed by atoms with van der Waals surface area (Å²) in [5, 5.41) is 5.75. The van der Waals surface area contributed by atoms with Crippen LogP contribution < -0.4 is 5.32 Å². The van der Waals surface area contributed by atoms with Crippen molar-refractivity contribution < 1.29 is 19.1 Å². The van der Waals surface area contributed by atoms with E-state index in [2.05, 4.69) is 10.3 Å². The Morgan fingerprint density at radius 1 is 1.06 bits per heavy atom. The van der Waals surface area contributed by atoms with Crippen LogP contribution in [0.1, 0.15) is 34.3 Å². The third-order valence-electron chi connectivity index (χ3n) is 5.63. The predicted octanol–water partition coefficient (Wildman–Crippen LogP) is 5.02. The third kappa shape index (κ3) is 5.77. The topological polar surface area (TPSA) is 80.8 Å². The number of hydrogen-bond donors (Lipinski definition) is 1. The van der Waals surface area contributed by atoms with Crippen LogP contribution in [0.4, 0.5) is 10.5 Å². The molecule has 2 aromatic carbocycles. The first-order chi connectivity index (χ1) is 16.2. The van der Waals surface area contributed by atoms with Crippen molar-refractivity contribution in [2.45, 2.75) is 18.8 Å². The quantitative estimate of drug-likeness (QED) is 0.495. The fraction of sp³-hybridized carbons (Fsp3) is 0.320. The minimum absolute atomic E-state index is 0.222. The molecule has 1 N–H and O–H groups in total. The van der Waals surface area contributed by atoms with Crippen LogP contribution in [0.5, 0.6) is 0 Å². The summed E-state index contributed by atoms with van der Waals surface area (Å²) < 4.78 is 10.1. The van der Waals surface area contributed by atoms with Crippen molar-refractivity contribution in [3.05, 3.63) is 70.7 Å². The maximum Gasteiger partial charge on any atom is 0.409 e. The van der Waals surface area contributed by atoms with Gasteiger partial charge in [-0.15, -0.1) is 11.3 Å². The van der Waals surface area contributed by atoms with Crippen molar-refractivity contribution in [3.63, 3.8) is 0 Å². The minimum Gasteiger partial charge on any atom is -0.447 e. The Morgan fingerprint density at radius 2 is 1.79 bits per heavy atom. The summed E-state index contributed by atoms with van der Waals surface area (Å²) >= 11 is 1.50. The summed E-state index contributed by atoms with van der Waals surface area (Å²) in [6.07, 6.45) is 1.29. The second-order valence-corrected chi connectivity index (χ2v) is 8.69. The van der Waals surface area contributed by atoms with Crippen molar-refractivity contribution in [2.75, 3.05) is 38.7 Å². The van der Waals surface area contributed by atoms with Crippen molar-refractivity contribution in [3.8, 4) is 11.1 Å². The average molecular weight is 466 g/mol. The fourth-order valence-corrected chi connectivity index (χ4v) is 4.81. The zero-order valence-corrected chi connectivity index (χ0v) is 19.3. The Bertz CT molecular complexity index is 1080. The van der Waals surface area contributed by atoms with Gasteiger partial charge in [-0.3, -0.25) is 4.79 Å². The summed E-state index contributed by atoms with van der Waals surface area (Å²) in [6.45, 7) is 1.87. The Morgan fingerprint density at radius 3 is 2.55 bits per heavy atom. The molecule has 1 aliphatic heterocycles. The van der Waals surface area contributed by atoms with Crippen LogP contribution in [-0.4, -0.2) is 55.3 Å². The van der Waals surface area contributed by atoms with E-state index in [1.807, 2.05) is 54.6 Å². The van der Waals surface area contributed by atoms with Gasteiger partial charge in [-0.1, -0.05) is 48.5 Å². The maximum atomic E-state index is 12.9. The van der Waals surface area contributed by atoms with Gasteiger partial charge in [0, 0.05) is 42.7 Å². The number of amides is 2. The normalized spacial score (nSPS) is 14.2. The number of benzene rings is 2. The number of ether oxygens (including phenoxy) is 2.